The van der Waals surface area contributed by atoms with Crippen molar-refractivity contribution in [1.29, 1.82) is 0 Å². The summed E-state index contributed by atoms with van der Waals surface area (Å²) in [7, 11) is 0. The summed E-state index contributed by atoms with van der Waals surface area (Å²) in [6, 6.07) is 7.40. The molecule has 5 heteroatoms. The molecule has 0 fully saturated rings. The van der Waals surface area contributed by atoms with Gasteiger partial charge in [0.2, 0.25) is 5.91 Å². The van der Waals surface area contributed by atoms with Gasteiger partial charge in [0.05, 0.1) is 12.0 Å². The van der Waals surface area contributed by atoms with Crippen LogP contribution < -0.4 is 11.1 Å². The minimum absolute atomic E-state index is 0.00552. The summed E-state index contributed by atoms with van der Waals surface area (Å²) in [6.07, 6.45) is 0.755. The van der Waals surface area contributed by atoms with Gasteiger partial charge in [0.15, 0.2) is 5.84 Å². The maximum Gasteiger partial charge on any atom is 0.228 e. The highest BCUT2D eigenvalue weighted by atomic mass is 16.4. The quantitative estimate of drug-likeness (QED) is 0.309. The zero-order chi connectivity index (χ0) is 12.4. The van der Waals surface area contributed by atoms with Crippen LogP contribution in [0.3, 0.4) is 0 Å². The Hall–Kier alpha value is -2.04. The lowest BCUT2D eigenvalue weighted by Gasteiger charge is -2.29. The lowest BCUT2D eigenvalue weighted by Crippen LogP contribution is -2.46. The molecular formula is C12H15N3O2. The molecule has 0 heterocycles. The summed E-state index contributed by atoms with van der Waals surface area (Å²) < 4.78 is 0. The molecule has 90 valence electrons. The molecule has 0 saturated heterocycles. The molecule has 0 saturated carbocycles. The Kier molecular flexibility index (Phi) is 2.99. The molecule has 4 N–H and O–H groups in total. The zero-order valence-electron chi connectivity index (χ0n) is 9.55. The maximum absolute atomic E-state index is 11.9. The molecule has 0 aliphatic heterocycles. The molecule has 2 unspecified atom stereocenters. The maximum atomic E-state index is 11.9. The van der Waals surface area contributed by atoms with Gasteiger partial charge in [-0.15, -0.1) is 0 Å². The number of nitrogens with one attached hydrogen (secondary N) is 1. The van der Waals surface area contributed by atoms with Gasteiger partial charge in [0.25, 0.3) is 0 Å². The molecule has 2 rings (SSSR count). The monoisotopic (exact) mass is 233 g/mol. The number of carbonyl (C=O) groups excluding carboxylic acids is 1. The highest BCUT2D eigenvalue weighted by Crippen LogP contribution is 2.34. The Morgan fingerprint density at radius 3 is 2.94 bits per heavy atom. The number of benzene rings is 1. The number of nitrogens with zero attached hydrogens (tertiary/aromatic N) is 1. The smallest absolute Gasteiger partial charge is 0.228 e. The first-order valence-corrected chi connectivity index (χ1v) is 5.49. The predicted molar refractivity (Wildman–Crippen MR) is 63.9 cm³/mol. The van der Waals surface area contributed by atoms with Crippen LogP contribution >= 0.6 is 0 Å². The van der Waals surface area contributed by atoms with Crippen LogP contribution in [0.2, 0.25) is 0 Å². The number of amides is 1. The van der Waals surface area contributed by atoms with Crippen molar-refractivity contribution < 1.29 is 10.0 Å². The molecule has 1 aromatic rings. The third kappa shape index (κ3) is 2.08. The van der Waals surface area contributed by atoms with Crippen LogP contribution in [0, 0.1) is 0 Å². The van der Waals surface area contributed by atoms with Crippen LogP contribution in [0.1, 0.15) is 24.0 Å². The lowest BCUT2D eigenvalue weighted by atomic mass is 9.77. The van der Waals surface area contributed by atoms with Gasteiger partial charge < -0.3 is 16.3 Å². The van der Waals surface area contributed by atoms with Crippen LogP contribution in [0.25, 0.3) is 0 Å². The number of amidine groups is 1. The fraction of sp³-hybridized carbons (Fsp3) is 0.333. The van der Waals surface area contributed by atoms with E-state index in [2.05, 4.69) is 10.5 Å². The molecule has 0 bridgehead atoms. The van der Waals surface area contributed by atoms with Gasteiger partial charge in [-0.25, -0.2) is 0 Å². The van der Waals surface area contributed by atoms with E-state index >= 15 is 0 Å². The van der Waals surface area contributed by atoms with Crippen LogP contribution in [-0.4, -0.2) is 23.0 Å². The van der Waals surface area contributed by atoms with Crippen molar-refractivity contribution in [3.05, 3.63) is 35.4 Å². The second-order valence-corrected chi connectivity index (χ2v) is 4.21. The topological polar surface area (TPSA) is 87.7 Å². The van der Waals surface area contributed by atoms with Gasteiger partial charge in [-0.2, -0.15) is 0 Å². The molecule has 0 radical (unpaired) electrons. The minimum atomic E-state index is -0.458. The minimum Gasteiger partial charge on any atom is -0.409 e. The zero-order valence-corrected chi connectivity index (χ0v) is 9.55. The summed E-state index contributed by atoms with van der Waals surface area (Å²) in [5.41, 5.74) is 7.68. The van der Waals surface area contributed by atoms with E-state index in [1.54, 1.807) is 6.92 Å². The Morgan fingerprint density at radius 1 is 1.59 bits per heavy atom. The molecule has 5 nitrogen and oxygen atoms in total. The Morgan fingerprint density at radius 2 is 2.29 bits per heavy atom. The van der Waals surface area contributed by atoms with Crippen LogP contribution in [-0.2, 0) is 11.2 Å². The van der Waals surface area contributed by atoms with Crippen LogP contribution in [0.4, 0.5) is 0 Å². The van der Waals surface area contributed by atoms with Crippen LogP contribution in [0.5, 0.6) is 0 Å². The first-order chi connectivity index (χ1) is 8.13. The molecule has 0 spiro atoms. The van der Waals surface area contributed by atoms with Gasteiger partial charge in [0, 0.05) is 0 Å². The van der Waals surface area contributed by atoms with Gasteiger partial charge in [-0.3, -0.25) is 4.79 Å². The van der Waals surface area contributed by atoms with Crippen molar-refractivity contribution in [3.63, 3.8) is 0 Å². The third-order valence-corrected chi connectivity index (χ3v) is 3.09. The Bertz CT molecular complexity index is 471. The van der Waals surface area contributed by atoms with Crippen LogP contribution in [0.15, 0.2) is 29.4 Å². The third-order valence-electron chi connectivity index (χ3n) is 3.09. The average molecular weight is 233 g/mol. The van der Waals surface area contributed by atoms with Crippen molar-refractivity contribution in [2.75, 3.05) is 0 Å². The van der Waals surface area contributed by atoms with E-state index in [0.717, 1.165) is 12.0 Å². The highest BCUT2D eigenvalue weighted by Gasteiger charge is 2.32. The van der Waals surface area contributed by atoms with E-state index in [9.17, 15) is 4.79 Å². The largest absolute Gasteiger partial charge is 0.409 e. The number of hydrogen-bond acceptors (Lipinski definition) is 3. The van der Waals surface area contributed by atoms with E-state index in [4.69, 9.17) is 10.9 Å². The number of hydrogen-bond donors (Lipinski definition) is 3. The second-order valence-electron chi connectivity index (χ2n) is 4.21. The normalized spacial score (nSPS) is 20.1. The fourth-order valence-electron chi connectivity index (χ4n) is 1.97. The van der Waals surface area contributed by atoms with E-state index < -0.39 is 6.04 Å². The average Bonchev–Trinajstić information content (AvgIpc) is 2.29. The summed E-state index contributed by atoms with van der Waals surface area (Å²) >= 11 is 0. The molecule has 1 aromatic carbocycles. The molecule has 1 aliphatic rings. The SMILES string of the molecule is CC(NC(=O)C1Cc2ccccc21)C(N)=NO. The number of oxime groups is 1. The Labute approximate surface area is 99.3 Å². The summed E-state index contributed by atoms with van der Waals surface area (Å²) in [5.74, 6) is -0.186. The van der Waals surface area contributed by atoms with Gasteiger partial charge in [-0.1, -0.05) is 29.4 Å². The standard InChI is InChI=1S/C12H15N3O2/c1-7(11(13)15-17)14-12(16)10-6-8-4-2-3-5-9(8)10/h2-5,7,10,17H,6H2,1H3,(H2,13,15)(H,14,16). The van der Waals surface area contributed by atoms with Crippen molar-refractivity contribution >= 4 is 11.7 Å². The molecule has 17 heavy (non-hydrogen) atoms. The summed E-state index contributed by atoms with van der Waals surface area (Å²) in [4.78, 5) is 11.9. The van der Waals surface area contributed by atoms with Gasteiger partial charge in [0.1, 0.15) is 0 Å². The van der Waals surface area contributed by atoms with Gasteiger partial charge in [-0.05, 0) is 24.5 Å². The molecule has 2 atom stereocenters. The number of fused-ring (bicyclic) bond motifs is 1. The highest BCUT2D eigenvalue weighted by molar-refractivity contribution is 5.93. The molecular weight excluding hydrogens is 218 g/mol. The van der Waals surface area contributed by atoms with Gasteiger partial charge >= 0.3 is 0 Å². The number of nitrogens with two attached hydrogens (primary N) is 1. The number of carbonyl (C=O) groups is 1. The molecule has 1 aliphatic carbocycles. The molecule has 0 aromatic heterocycles. The van der Waals surface area contributed by atoms with E-state index in [-0.39, 0.29) is 17.7 Å². The summed E-state index contributed by atoms with van der Waals surface area (Å²) in [5, 5.41) is 14.1. The number of rotatable bonds is 3. The molecule has 1 amide bonds. The van der Waals surface area contributed by atoms with Crippen molar-refractivity contribution in [2.45, 2.75) is 25.3 Å². The predicted octanol–water partition coefficient (Wildman–Crippen LogP) is 0.577. The van der Waals surface area contributed by atoms with Crippen molar-refractivity contribution in [1.82, 2.24) is 5.32 Å². The van der Waals surface area contributed by atoms with E-state index in [1.807, 2.05) is 24.3 Å². The van der Waals surface area contributed by atoms with E-state index in [0.29, 0.717) is 0 Å². The first-order valence-electron chi connectivity index (χ1n) is 5.49. The Balaban J connectivity index is 2.00. The van der Waals surface area contributed by atoms with Crippen molar-refractivity contribution in [2.24, 2.45) is 10.9 Å². The van der Waals surface area contributed by atoms with Crippen molar-refractivity contribution in [3.8, 4) is 0 Å². The lowest BCUT2D eigenvalue weighted by molar-refractivity contribution is -0.123. The summed E-state index contributed by atoms with van der Waals surface area (Å²) in [6.45, 7) is 1.68. The van der Waals surface area contributed by atoms with E-state index in [1.165, 1.54) is 5.56 Å². The fourth-order valence-corrected chi connectivity index (χ4v) is 1.97. The first kappa shape index (κ1) is 11.4. The second kappa shape index (κ2) is 4.45.